The first-order valence-electron chi connectivity index (χ1n) is 7.26. The molecule has 2 saturated carbocycles. The Morgan fingerprint density at radius 2 is 1.82 bits per heavy atom. The molecule has 0 spiro atoms. The van der Waals surface area contributed by atoms with Crippen molar-refractivity contribution in [3.8, 4) is 0 Å². The zero-order chi connectivity index (χ0) is 12.3. The highest BCUT2D eigenvalue weighted by Gasteiger charge is 2.31. The molecule has 0 aromatic heterocycles. The fourth-order valence-corrected chi connectivity index (χ4v) is 2.68. The van der Waals surface area contributed by atoms with Crippen LogP contribution in [0.4, 0.5) is 0 Å². The van der Waals surface area contributed by atoms with E-state index < -0.39 is 0 Å². The van der Waals surface area contributed by atoms with Crippen molar-refractivity contribution in [2.24, 2.45) is 16.6 Å². The quantitative estimate of drug-likeness (QED) is 0.603. The molecule has 0 aromatic rings. The van der Waals surface area contributed by atoms with Gasteiger partial charge in [0.1, 0.15) is 0 Å². The van der Waals surface area contributed by atoms with Gasteiger partial charge in [-0.1, -0.05) is 33.1 Å². The van der Waals surface area contributed by atoms with E-state index in [2.05, 4.69) is 18.7 Å². The predicted molar refractivity (Wildman–Crippen MR) is 73.1 cm³/mol. The van der Waals surface area contributed by atoms with Gasteiger partial charge >= 0.3 is 0 Å². The Morgan fingerprint density at radius 3 is 2.35 bits per heavy atom. The molecular weight excluding hydrogens is 210 g/mol. The Morgan fingerprint density at radius 1 is 1.18 bits per heavy atom. The van der Waals surface area contributed by atoms with E-state index in [-0.39, 0.29) is 0 Å². The van der Waals surface area contributed by atoms with Crippen LogP contribution < -0.4 is 5.73 Å². The molecule has 3 nitrogen and oxygen atoms in total. The van der Waals surface area contributed by atoms with Crippen LogP contribution in [0.2, 0.25) is 0 Å². The number of nitrogens with zero attached hydrogens (tertiary/aromatic N) is 2. The maximum Gasteiger partial charge on any atom is 0.191 e. The smallest absolute Gasteiger partial charge is 0.191 e. The van der Waals surface area contributed by atoms with E-state index in [4.69, 9.17) is 10.7 Å². The van der Waals surface area contributed by atoms with Crippen LogP contribution in [0.3, 0.4) is 0 Å². The molecule has 0 unspecified atom stereocenters. The van der Waals surface area contributed by atoms with Crippen molar-refractivity contribution in [3.05, 3.63) is 0 Å². The van der Waals surface area contributed by atoms with Gasteiger partial charge in [-0.2, -0.15) is 0 Å². The fraction of sp³-hybridized carbons (Fsp3) is 0.929. The molecule has 0 aliphatic heterocycles. The van der Waals surface area contributed by atoms with Gasteiger partial charge in [0.2, 0.25) is 0 Å². The summed E-state index contributed by atoms with van der Waals surface area (Å²) in [4.78, 5) is 7.12. The van der Waals surface area contributed by atoms with Gasteiger partial charge in [0.25, 0.3) is 0 Å². The molecule has 2 fully saturated rings. The van der Waals surface area contributed by atoms with Gasteiger partial charge in [-0.3, -0.25) is 0 Å². The lowest BCUT2D eigenvalue weighted by Gasteiger charge is -2.27. The lowest BCUT2D eigenvalue weighted by Crippen LogP contribution is -2.42. The van der Waals surface area contributed by atoms with Gasteiger partial charge in [0.15, 0.2) is 5.96 Å². The molecule has 3 heteroatoms. The van der Waals surface area contributed by atoms with Gasteiger partial charge in [0.05, 0.1) is 6.04 Å². The number of aliphatic imine (C=N–C) groups is 1. The van der Waals surface area contributed by atoms with Crippen LogP contribution in [-0.4, -0.2) is 29.5 Å². The van der Waals surface area contributed by atoms with Crippen LogP contribution in [0.1, 0.15) is 58.8 Å². The summed E-state index contributed by atoms with van der Waals surface area (Å²) in [7, 11) is 0. The van der Waals surface area contributed by atoms with E-state index in [1.54, 1.807) is 0 Å². The summed E-state index contributed by atoms with van der Waals surface area (Å²) in [6.45, 7) is 5.57. The molecular formula is C14H27N3. The lowest BCUT2D eigenvalue weighted by molar-refractivity contribution is 0.347. The van der Waals surface area contributed by atoms with Crippen molar-refractivity contribution in [3.63, 3.8) is 0 Å². The first kappa shape index (κ1) is 12.7. The van der Waals surface area contributed by atoms with Crippen molar-refractivity contribution in [1.82, 2.24) is 4.90 Å². The Kier molecular flexibility index (Phi) is 4.30. The summed E-state index contributed by atoms with van der Waals surface area (Å²) >= 11 is 0. The molecule has 2 aliphatic carbocycles. The van der Waals surface area contributed by atoms with E-state index in [0.717, 1.165) is 12.5 Å². The van der Waals surface area contributed by atoms with Gasteiger partial charge in [-0.15, -0.1) is 0 Å². The van der Waals surface area contributed by atoms with Crippen molar-refractivity contribution in [2.45, 2.75) is 70.9 Å². The van der Waals surface area contributed by atoms with Crippen LogP contribution in [-0.2, 0) is 0 Å². The number of rotatable bonds is 4. The van der Waals surface area contributed by atoms with Crippen LogP contribution in [0.25, 0.3) is 0 Å². The Hall–Kier alpha value is -0.730. The van der Waals surface area contributed by atoms with E-state index >= 15 is 0 Å². The third-order valence-electron chi connectivity index (χ3n) is 3.73. The molecule has 2 aliphatic rings. The summed E-state index contributed by atoms with van der Waals surface area (Å²) in [6, 6.07) is 1.18. The number of hydrogen-bond donors (Lipinski definition) is 1. The summed E-state index contributed by atoms with van der Waals surface area (Å²) in [5.74, 6) is 1.48. The molecule has 17 heavy (non-hydrogen) atoms. The minimum Gasteiger partial charge on any atom is -0.370 e. The molecule has 2 rings (SSSR count). The van der Waals surface area contributed by atoms with Gasteiger partial charge in [0, 0.05) is 12.6 Å². The second-order valence-corrected chi connectivity index (χ2v) is 6.06. The molecule has 0 saturated heterocycles. The minimum atomic E-state index is 0.497. The number of hydrogen-bond acceptors (Lipinski definition) is 1. The third-order valence-corrected chi connectivity index (χ3v) is 3.73. The first-order valence-corrected chi connectivity index (χ1v) is 7.26. The SMILES string of the molecule is CC(C)CN(C(N)=NC1CCCCC1)C1CC1. The Balaban J connectivity index is 1.93. The zero-order valence-corrected chi connectivity index (χ0v) is 11.4. The molecule has 0 amide bonds. The minimum absolute atomic E-state index is 0.497. The Bertz CT molecular complexity index is 263. The monoisotopic (exact) mass is 237 g/mol. The van der Waals surface area contributed by atoms with Gasteiger partial charge in [-0.05, 0) is 31.6 Å². The largest absolute Gasteiger partial charge is 0.370 e. The number of nitrogens with two attached hydrogens (primary N) is 1. The molecule has 0 aromatic carbocycles. The highest BCUT2D eigenvalue weighted by molar-refractivity contribution is 5.79. The van der Waals surface area contributed by atoms with E-state index in [0.29, 0.717) is 18.0 Å². The number of guanidine groups is 1. The first-order chi connectivity index (χ1) is 8.16. The van der Waals surface area contributed by atoms with Crippen molar-refractivity contribution in [2.75, 3.05) is 6.54 Å². The molecule has 0 radical (unpaired) electrons. The summed E-state index contributed by atoms with van der Waals surface area (Å²) in [5, 5.41) is 0. The normalized spacial score (nSPS) is 23.1. The maximum atomic E-state index is 6.21. The zero-order valence-electron chi connectivity index (χ0n) is 11.4. The van der Waals surface area contributed by atoms with Crippen LogP contribution >= 0.6 is 0 Å². The molecule has 0 heterocycles. The highest BCUT2D eigenvalue weighted by Crippen LogP contribution is 2.28. The van der Waals surface area contributed by atoms with Crippen LogP contribution in [0.5, 0.6) is 0 Å². The molecule has 0 atom stereocenters. The Labute approximate surface area is 105 Å². The second kappa shape index (κ2) is 5.74. The lowest BCUT2D eigenvalue weighted by atomic mass is 9.96. The topological polar surface area (TPSA) is 41.6 Å². The third kappa shape index (κ3) is 3.90. The average Bonchev–Trinajstić information content (AvgIpc) is 3.10. The van der Waals surface area contributed by atoms with Crippen LogP contribution in [0, 0.1) is 5.92 Å². The van der Waals surface area contributed by atoms with E-state index in [1.165, 1.54) is 44.9 Å². The van der Waals surface area contributed by atoms with Gasteiger partial charge < -0.3 is 10.6 Å². The van der Waals surface area contributed by atoms with Crippen LogP contribution in [0.15, 0.2) is 4.99 Å². The molecule has 0 bridgehead atoms. The van der Waals surface area contributed by atoms with E-state index in [1.807, 2.05) is 0 Å². The maximum absolute atomic E-state index is 6.21. The molecule has 2 N–H and O–H groups in total. The highest BCUT2D eigenvalue weighted by atomic mass is 15.3. The van der Waals surface area contributed by atoms with Crippen molar-refractivity contribution in [1.29, 1.82) is 0 Å². The van der Waals surface area contributed by atoms with Gasteiger partial charge in [-0.25, -0.2) is 4.99 Å². The van der Waals surface area contributed by atoms with Crippen molar-refractivity contribution < 1.29 is 0 Å². The summed E-state index contributed by atoms with van der Waals surface area (Å²) in [6.07, 6.45) is 9.11. The summed E-state index contributed by atoms with van der Waals surface area (Å²) in [5.41, 5.74) is 6.21. The fourth-order valence-electron chi connectivity index (χ4n) is 2.68. The standard InChI is InChI=1S/C14H27N3/c1-11(2)10-17(13-8-9-13)14(15)16-12-6-4-3-5-7-12/h11-13H,3-10H2,1-2H3,(H2,15,16). The average molecular weight is 237 g/mol. The van der Waals surface area contributed by atoms with Crippen molar-refractivity contribution >= 4 is 5.96 Å². The predicted octanol–water partition coefficient (Wildman–Crippen LogP) is 2.75. The second-order valence-electron chi connectivity index (χ2n) is 6.06. The van der Waals surface area contributed by atoms with E-state index in [9.17, 15) is 0 Å². The molecule has 98 valence electrons. The summed E-state index contributed by atoms with van der Waals surface area (Å²) < 4.78 is 0.